The predicted octanol–water partition coefficient (Wildman–Crippen LogP) is 9.00. The Balaban J connectivity index is 0.000000661. The number of halogens is 2. The van der Waals surface area contributed by atoms with Gasteiger partial charge in [0.1, 0.15) is 17.8 Å². The number of carbonyl (C=O) groups excluding carboxylic acids is 1. The molecular formula is C35H43F2NO3. The summed E-state index contributed by atoms with van der Waals surface area (Å²) in [5, 5.41) is 7.00. The van der Waals surface area contributed by atoms with Gasteiger partial charge in [0.15, 0.2) is 0 Å². The topological polar surface area (TPSA) is 72.5 Å². The van der Waals surface area contributed by atoms with Crippen LogP contribution in [-0.2, 0) is 12.3 Å². The molecule has 41 heavy (non-hydrogen) atoms. The minimum atomic E-state index is -2.82. The third-order valence-electron chi connectivity index (χ3n) is 5.49. The number of carbonyl (C=O) groups is 1. The van der Waals surface area contributed by atoms with Crippen LogP contribution < -0.4 is 10.5 Å². The maximum atomic E-state index is 13.0. The zero-order valence-corrected chi connectivity index (χ0v) is 24.7. The first-order chi connectivity index (χ1) is 19.8. The van der Waals surface area contributed by atoms with Crippen molar-refractivity contribution in [3.8, 4) is 22.6 Å². The number of hydrogen-bond acceptors (Lipinski definition) is 4. The van der Waals surface area contributed by atoms with E-state index in [-0.39, 0.29) is 5.56 Å². The van der Waals surface area contributed by atoms with E-state index in [1.165, 1.54) is 36.7 Å². The van der Waals surface area contributed by atoms with E-state index >= 15 is 0 Å². The van der Waals surface area contributed by atoms with Crippen LogP contribution in [0.4, 0.5) is 8.78 Å². The van der Waals surface area contributed by atoms with Crippen molar-refractivity contribution in [1.82, 2.24) is 0 Å². The molecule has 4 aromatic rings. The lowest BCUT2D eigenvalue weighted by atomic mass is 10.0. The van der Waals surface area contributed by atoms with Gasteiger partial charge in [0.25, 0.3) is 5.92 Å². The zero-order chi connectivity index (χ0) is 31.3. The maximum absolute atomic E-state index is 13.0. The average Bonchev–Trinajstić information content (AvgIpc) is 3.02. The third kappa shape index (κ3) is 13.7. The number of ether oxygens (including phenoxy) is 1. The number of aliphatic hydroxyl groups is 1. The van der Waals surface area contributed by atoms with Crippen LogP contribution >= 0.6 is 0 Å². The molecule has 0 bridgehead atoms. The number of benzene rings is 4. The molecule has 220 valence electrons. The van der Waals surface area contributed by atoms with Crippen molar-refractivity contribution < 1.29 is 23.4 Å². The number of hydrogen-bond donors (Lipinski definition) is 2. The lowest BCUT2D eigenvalue weighted by molar-refractivity contribution is 0.0175. The molecule has 0 aromatic heterocycles. The van der Waals surface area contributed by atoms with Crippen molar-refractivity contribution in [1.29, 1.82) is 0 Å². The van der Waals surface area contributed by atoms with Gasteiger partial charge in [-0.25, -0.2) is 8.78 Å². The summed E-state index contributed by atoms with van der Waals surface area (Å²) >= 11 is 0. The van der Waals surface area contributed by atoms with Crippen LogP contribution in [0.15, 0.2) is 110 Å². The molecule has 0 aliphatic carbocycles. The second-order valence-corrected chi connectivity index (χ2v) is 8.51. The van der Waals surface area contributed by atoms with E-state index in [1.54, 1.807) is 36.4 Å². The number of nitrogens with two attached hydrogens (primary N) is 1. The largest absolute Gasteiger partial charge is 0.457 e. The van der Waals surface area contributed by atoms with Crippen molar-refractivity contribution in [2.75, 3.05) is 14.2 Å². The van der Waals surface area contributed by atoms with E-state index in [1.807, 2.05) is 24.3 Å². The quantitative estimate of drug-likeness (QED) is 0.174. The molecular weight excluding hydrogens is 520 g/mol. The Morgan fingerprint density at radius 1 is 0.780 bits per heavy atom. The molecule has 0 unspecified atom stereocenters. The van der Waals surface area contributed by atoms with E-state index < -0.39 is 5.92 Å². The Bertz CT molecular complexity index is 1220. The minimum absolute atomic E-state index is 0.00392. The first-order valence-corrected chi connectivity index (χ1v) is 13.2. The fraction of sp³-hybridized carbons (Fsp3) is 0.229. The summed E-state index contributed by atoms with van der Waals surface area (Å²) in [5.74, 6) is -1.03. The van der Waals surface area contributed by atoms with Crippen LogP contribution in [0.2, 0.25) is 0 Å². The fourth-order valence-electron chi connectivity index (χ4n) is 3.46. The van der Waals surface area contributed by atoms with Gasteiger partial charge in [-0.05, 0) is 61.3 Å². The molecule has 0 fully saturated rings. The van der Waals surface area contributed by atoms with Crippen molar-refractivity contribution in [2.45, 2.75) is 39.5 Å². The second kappa shape index (κ2) is 20.7. The van der Waals surface area contributed by atoms with E-state index in [4.69, 9.17) is 9.84 Å². The lowest BCUT2D eigenvalue weighted by Gasteiger charge is -2.11. The summed E-state index contributed by atoms with van der Waals surface area (Å²) in [7, 11) is 2.50. The molecule has 0 spiro atoms. The molecule has 4 nitrogen and oxygen atoms in total. The molecule has 0 heterocycles. The Morgan fingerprint density at radius 2 is 1.20 bits per heavy atom. The SMILES string of the molecule is C=C.CC(F)(F)c1ccc(-c2ccc(C=O)cc2)cc1.CCCc1ccc(Oc2ccc(C)cc2)cc1.CN.CO. The van der Waals surface area contributed by atoms with Crippen molar-refractivity contribution >= 4 is 6.29 Å². The first kappa shape index (κ1) is 36.9. The van der Waals surface area contributed by atoms with Gasteiger partial charge in [-0.2, -0.15) is 0 Å². The fourth-order valence-corrected chi connectivity index (χ4v) is 3.46. The standard InChI is InChI=1S/C16H18O.C15H12F2O.C2H4.CH5N.CH4O/c1-3-4-14-7-11-16(12-8-14)17-15-9-5-13(2)6-10-15;1-15(16,17)14-8-6-13(7-9-14)12-4-2-11(10-18)3-5-12;3*1-2/h5-12H,3-4H2,1-2H3;2-10H,1H3;1-2H2;2H2,1H3;2H,1H3. The minimum Gasteiger partial charge on any atom is -0.457 e. The summed E-state index contributed by atoms with van der Waals surface area (Å²) in [5.41, 5.74) is 9.44. The Kier molecular flexibility index (Phi) is 18.6. The molecule has 0 atom stereocenters. The summed E-state index contributed by atoms with van der Waals surface area (Å²) in [4.78, 5) is 10.5. The van der Waals surface area contributed by atoms with Gasteiger partial charge in [0.05, 0.1) is 0 Å². The van der Waals surface area contributed by atoms with Gasteiger partial charge in [-0.3, -0.25) is 4.79 Å². The number of aryl methyl sites for hydroxylation is 2. The van der Waals surface area contributed by atoms with E-state index in [9.17, 15) is 13.6 Å². The van der Waals surface area contributed by atoms with Gasteiger partial charge < -0.3 is 15.6 Å². The van der Waals surface area contributed by atoms with Crippen LogP contribution in [0.5, 0.6) is 11.5 Å². The molecule has 0 aliphatic rings. The second-order valence-electron chi connectivity index (χ2n) is 8.51. The summed E-state index contributed by atoms with van der Waals surface area (Å²) in [6, 6.07) is 29.6. The average molecular weight is 564 g/mol. The highest BCUT2D eigenvalue weighted by molar-refractivity contribution is 5.76. The van der Waals surface area contributed by atoms with Crippen LogP contribution in [0.25, 0.3) is 11.1 Å². The number of aldehydes is 1. The molecule has 6 heteroatoms. The van der Waals surface area contributed by atoms with Gasteiger partial charge in [0.2, 0.25) is 0 Å². The third-order valence-corrected chi connectivity index (χ3v) is 5.49. The van der Waals surface area contributed by atoms with Gasteiger partial charge in [-0.1, -0.05) is 91.7 Å². The Morgan fingerprint density at radius 3 is 1.59 bits per heavy atom. The highest BCUT2D eigenvalue weighted by Gasteiger charge is 2.23. The van der Waals surface area contributed by atoms with Gasteiger partial charge >= 0.3 is 0 Å². The molecule has 3 N–H and O–H groups in total. The lowest BCUT2D eigenvalue weighted by Crippen LogP contribution is -2.06. The molecule has 4 rings (SSSR count). The van der Waals surface area contributed by atoms with Crippen LogP contribution in [0.3, 0.4) is 0 Å². The molecule has 0 aliphatic heterocycles. The van der Waals surface area contributed by atoms with Gasteiger partial charge in [0, 0.05) is 25.2 Å². The highest BCUT2D eigenvalue weighted by atomic mass is 19.3. The Hall–Kier alpha value is -4.13. The van der Waals surface area contributed by atoms with Crippen LogP contribution in [-0.4, -0.2) is 25.6 Å². The van der Waals surface area contributed by atoms with Crippen LogP contribution in [0, 0.1) is 6.92 Å². The molecule has 0 amide bonds. The number of rotatable bonds is 7. The zero-order valence-electron chi connectivity index (χ0n) is 24.7. The van der Waals surface area contributed by atoms with E-state index in [2.05, 4.69) is 57.0 Å². The highest BCUT2D eigenvalue weighted by Crippen LogP contribution is 2.29. The first-order valence-electron chi connectivity index (χ1n) is 13.2. The normalized spacial score (nSPS) is 9.59. The molecule has 0 saturated carbocycles. The summed E-state index contributed by atoms with van der Waals surface area (Å²) < 4.78 is 31.9. The molecule has 4 aromatic carbocycles. The van der Waals surface area contributed by atoms with E-state index in [0.29, 0.717) is 5.56 Å². The smallest absolute Gasteiger partial charge is 0.270 e. The van der Waals surface area contributed by atoms with Crippen molar-refractivity contribution in [3.05, 3.63) is 132 Å². The molecule has 0 radical (unpaired) electrons. The molecule has 0 saturated heterocycles. The van der Waals surface area contributed by atoms with Crippen molar-refractivity contribution in [2.24, 2.45) is 5.73 Å². The number of aliphatic hydroxyl groups excluding tert-OH is 1. The number of alkyl halides is 2. The van der Waals surface area contributed by atoms with E-state index in [0.717, 1.165) is 49.4 Å². The Labute approximate surface area is 244 Å². The monoisotopic (exact) mass is 563 g/mol. The van der Waals surface area contributed by atoms with Crippen LogP contribution in [0.1, 0.15) is 47.3 Å². The maximum Gasteiger partial charge on any atom is 0.270 e. The summed E-state index contributed by atoms with van der Waals surface area (Å²) in [6.45, 7) is 11.1. The summed E-state index contributed by atoms with van der Waals surface area (Å²) in [6.07, 6.45) is 3.08. The van der Waals surface area contributed by atoms with Crippen molar-refractivity contribution in [3.63, 3.8) is 0 Å². The van der Waals surface area contributed by atoms with Gasteiger partial charge in [-0.15, -0.1) is 13.2 Å². The predicted molar refractivity (Wildman–Crippen MR) is 168 cm³/mol.